The van der Waals surface area contributed by atoms with Gasteiger partial charge >= 0.3 is 0 Å². The molecule has 1 aliphatic heterocycles. The van der Waals surface area contributed by atoms with Crippen molar-refractivity contribution in [1.82, 2.24) is 20.0 Å². The predicted molar refractivity (Wildman–Crippen MR) is 72.8 cm³/mol. The summed E-state index contributed by atoms with van der Waals surface area (Å²) in [6, 6.07) is 3.78. The highest BCUT2D eigenvalue weighted by molar-refractivity contribution is 5.55. The zero-order valence-corrected chi connectivity index (χ0v) is 11.3. The van der Waals surface area contributed by atoms with Crippen LogP contribution in [-0.2, 0) is 16.0 Å². The van der Waals surface area contributed by atoms with E-state index in [4.69, 9.17) is 9.47 Å². The van der Waals surface area contributed by atoms with E-state index in [0.717, 1.165) is 30.7 Å². The molecule has 106 valence electrons. The third-order valence-corrected chi connectivity index (χ3v) is 3.26. The van der Waals surface area contributed by atoms with Crippen molar-refractivity contribution in [3.8, 4) is 11.3 Å². The SMILES string of the molecule is c1cnnc(-c2cnn(CCOC3CCCCO3)c2)c1. The Kier molecular flexibility index (Phi) is 4.35. The van der Waals surface area contributed by atoms with Crippen LogP contribution in [0.15, 0.2) is 30.7 Å². The van der Waals surface area contributed by atoms with Crippen molar-refractivity contribution in [3.63, 3.8) is 0 Å². The molecule has 1 fully saturated rings. The summed E-state index contributed by atoms with van der Waals surface area (Å²) >= 11 is 0. The Labute approximate surface area is 117 Å². The van der Waals surface area contributed by atoms with E-state index in [1.54, 1.807) is 12.4 Å². The highest BCUT2D eigenvalue weighted by atomic mass is 16.7. The summed E-state index contributed by atoms with van der Waals surface area (Å²) in [5.74, 6) is 0. The Morgan fingerprint density at radius 3 is 3.20 bits per heavy atom. The first kappa shape index (κ1) is 13.2. The second-order valence-corrected chi connectivity index (χ2v) is 4.77. The van der Waals surface area contributed by atoms with Crippen molar-refractivity contribution in [1.29, 1.82) is 0 Å². The van der Waals surface area contributed by atoms with Crippen molar-refractivity contribution >= 4 is 0 Å². The van der Waals surface area contributed by atoms with Crippen molar-refractivity contribution < 1.29 is 9.47 Å². The lowest BCUT2D eigenvalue weighted by molar-refractivity contribution is -0.163. The fourth-order valence-corrected chi connectivity index (χ4v) is 2.19. The molecule has 20 heavy (non-hydrogen) atoms. The molecule has 0 amide bonds. The molecular formula is C14H18N4O2. The second-order valence-electron chi connectivity index (χ2n) is 4.77. The minimum atomic E-state index is -0.0428. The van der Waals surface area contributed by atoms with Gasteiger partial charge in [0.25, 0.3) is 0 Å². The van der Waals surface area contributed by atoms with Crippen LogP contribution in [-0.4, -0.2) is 39.5 Å². The van der Waals surface area contributed by atoms with Gasteiger partial charge in [-0.25, -0.2) is 0 Å². The molecule has 0 aliphatic carbocycles. The molecule has 0 radical (unpaired) electrons. The summed E-state index contributed by atoms with van der Waals surface area (Å²) in [6.45, 7) is 2.12. The molecule has 1 unspecified atom stereocenters. The van der Waals surface area contributed by atoms with Crippen molar-refractivity contribution in [3.05, 3.63) is 30.7 Å². The summed E-state index contributed by atoms with van der Waals surface area (Å²) in [4.78, 5) is 0. The molecule has 1 saturated heterocycles. The van der Waals surface area contributed by atoms with Crippen LogP contribution in [0.4, 0.5) is 0 Å². The lowest BCUT2D eigenvalue weighted by Gasteiger charge is -2.22. The summed E-state index contributed by atoms with van der Waals surface area (Å²) in [6.07, 6.45) is 8.68. The first-order valence-corrected chi connectivity index (χ1v) is 6.95. The molecular weight excluding hydrogens is 256 g/mol. The predicted octanol–water partition coefficient (Wildman–Crippen LogP) is 1.88. The van der Waals surface area contributed by atoms with Gasteiger partial charge in [-0.15, -0.1) is 0 Å². The van der Waals surface area contributed by atoms with Crippen LogP contribution in [0.2, 0.25) is 0 Å². The monoisotopic (exact) mass is 274 g/mol. The van der Waals surface area contributed by atoms with Gasteiger partial charge in [0.1, 0.15) is 0 Å². The highest BCUT2D eigenvalue weighted by Gasteiger charge is 2.13. The smallest absolute Gasteiger partial charge is 0.157 e. The minimum Gasteiger partial charge on any atom is -0.353 e. The highest BCUT2D eigenvalue weighted by Crippen LogP contribution is 2.15. The number of hydrogen-bond acceptors (Lipinski definition) is 5. The number of nitrogens with zero attached hydrogens (tertiary/aromatic N) is 4. The fraction of sp³-hybridized carbons (Fsp3) is 0.500. The molecule has 3 rings (SSSR count). The topological polar surface area (TPSA) is 62.1 Å². The van der Waals surface area contributed by atoms with Crippen molar-refractivity contribution in [2.45, 2.75) is 32.1 Å². The third kappa shape index (κ3) is 3.40. The zero-order chi connectivity index (χ0) is 13.6. The molecule has 3 heterocycles. The molecule has 6 nitrogen and oxygen atoms in total. The normalized spacial score (nSPS) is 19.1. The summed E-state index contributed by atoms with van der Waals surface area (Å²) < 4.78 is 13.1. The maximum atomic E-state index is 5.69. The molecule has 0 saturated carbocycles. The average molecular weight is 274 g/mol. The van der Waals surface area contributed by atoms with Crippen LogP contribution in [0.1, 0.15) is 19.3 Å². The van der Waals surface area contributed by atoms with Gasteiger partial charge in [-0.3, -0.25) is 4.68 Å². The zero-order valence-electron chi connectivity index (χ0n) is 11.3. The van der Waals surface area contributed by atoms with Gasteiger partial charge in [0.05, 0.1) is 25.0 Å². The standard InChI is InChI=1S/C14H18N4O2/c1-2-8-19-14(5-1)20-9-7-18-11-12(10-16-18)13-4-3-6-15-17-13/h3-4,6,10-11,14H,1-2,5,7-9H2. The molecule has 2 aromatic heterocycles. The summed E-state index contributed by atoms with van der Waals surface area (Å²) in [7, 11) is 0. The van der Waals surface area contributed by atoms with E-state index in [0.29, 0.717) is 13.2 Å². The van der Waals surface area contributed by atoms with E-state index in [1.165, 1.54) is 6.42 Å². The average Bonchev–Trinajstić information content (AvgIpc) is 2.98. The molecule has 0 spiro atoms. The van der Waals surface area contributed by atoms with Gasteiger partial charge in [-0.05, 0) is 31.4 Å². The van der Waals surface area contributed by atoms with Crippen molar-refractivity contribution in [2.75, 3.05) is 13.2 Å². The van der Waals surface area contributed by atoms with Gasteiger partial charge in [0, 0.05) is 24.6 Å². The number of rotatable bonds is 5. The van der Waals surface area contributed by atoms with Gasteiger partial charge in [-0.1, -0.05) is 0 Å². The second kappa shape index (κ2) is 6.58. The molecule has 0 bridgehead atoms. The number of aromatic nitrogens is 4. The van der Waals surface area contributed by atoms with Gasteiger partial charge < -0.3 is 9.47 Å². The van der Waals surface area contributed by atoms with Crippen LogP contribution >= 0.6 is 0 Å². The quantitative estimate of drug-likeness (QED) is 0.833. The third-order valence-electron chi connectivity index (χ3n) is 3.26. The Morgan fingerprint density at radius 1 is 1.40 bits per heavy atom. The minimum absolute atomic E-state index is 0.0428. The van der Waals surface area contributed by atoms with Gasteiger partial charge in [0.15, 0.2) is 6.29 Å². The lowest BCUT2D eigenvalue weighted by atomic mass is 10.2. The van der Waals surface area contributed by atoms with Gasteiger partial charge in [-0.2, -0.15) is 15.3 Å². The summed E-state index contributed by atoms with van der Waals surface area (Å²) in [5, 5.41) is 12.2. The van der Waals surface area contributed by atoms with E-state index >= 15 is 0 Å². The van der Waals surface area contributed by atoms with E-state index in [2.05, 4.69) is 15.3 Å². The van der Waals surface area contributed by atoms with E-state index in [1.807, 2.05) is 23.0 Å². The molecule has 0 N–H and O–H groups in total. The Hall–Kier alpha value is -1.79. The maximum Gasteiger partial charge on any atom is 0.157 e. The van der Waals surface area contributed by atoms with E-state index in [-0.39, 0.29) is 6.29 Å². The van der Waals surface area contributed by atoms with Crippen LogP contribution < -0.4 is 0 Å². The first-order chi connectivity index (χ1) is 9.92. The largest absolute Gasteiger partial charge is 0.353 e. The van der Waals surface area contributed by atoms with Crippen LogP contribution in [0, 0.1) is 0 Å². The van der Waals surface area contributed by atoms with Crippen LogP contribution in [0.3, 0.4) is 0 Å². The fourth-order valence-electron chi connectivity index (χ4n) is 2.19. The Morgan fingerprint density at radius 2 is 2.40 bits per heavy atom. The maximum absolute atomic E-state index is 5.69. The molecule has 1 aliphatic rings. The molecule has 1 atom stereocenters. The molecule has 2 aromatic rings. The van der Waals surface area contributed by atoms with E-state index in [9.17, 15) is 0 Å². The Balaban J connectivity index is 1.50. The molecule has 6 heteroatoms. The van der Waals surface area contributed by atoms with Crippen molar-refractivity contribution in [2.24, 2.45) is 0 Å². The van der Waals surface area contributed by atoms with Crippen LogP contribution in [0.25, 0.3) is 11.3 Å². The first-order valence-electron chi connectivity index (χ1n) is 6.95. The Bertz CT molecular complexity index is 523. The number of ether oxygens (including phenoxy) is 2. The van der Waals surface area contributed by atoms with E-state index < -0.39 is 0 Å². The van der Waals surface area contributed by atoms with Gasteiger partial charge in [0.2, 0.25) is 0 Å². The molecule has 0 aromatic carbocycles. The lowest BCUT2D eigenvalue weighted by Crippen LogP contribution is -2.24. The summed E-state index contributed by atoms with van der Waals surface area (Å²) in [5.41, 5.74) is 1.79. The van der Waals surface area contributed by atoms with Crippen LogP contribution in [0.5, 0.6) is 0 Å². The number of hydrogen-bond donors (Lipinski definition) is 0.